The van der Waals surface area contributed by atoms with E-state index < -0.39 is 0 Å². The zero-order chi connectivity index (χ0) is 36.4. The van der Waals surface area contributed by atoms with Gasteiger partial charge in [-0.2, -0.15) is 12.5 Å². The maximum atomic E-state index is 4.33. The number of hydrogen-bond acceptors (Lipinski definition) is 0. The number of allylic oxidation sites excluding steroid dienone is 1. The van der Waals surface area contributed by atoms with Gasteiger partial charge >= 0.3 is 25.8 Å². The molecule has 2 heteroatoms. The summed E-state index contributed by atoms with van der Waals surface area (Å²) in [5.74, 6) is 0.406. The molecular weight excluding hydrogens is 819 g/mol. The second kappa shape index (κ2) is 16.2. The molecule has 53 heavy (non-hydrogen) atoms. The largest absolute Gasteiger partial charge is 4.00 e. The second-order valence-electron chi connectivity index (χ2n) is 18.9. The molecule has 0 saturated heterocycles. The van der Waals surface area contributed by atoms with Crippen LogP contribution in [-0.4, -0.2) is 9.52 Å². The van der Waals surface area contributed by atoms with Crippen molar-refractivity contribution in [2.75, 3.05) is 0 Å². The molecule has 0 aromatic heterocycles. The Hall–Kier alpha value is -2.68. The summed E-state index contributed by atoms with van der Waals surface area (Å²) in [7, 11) is 0.624. The Morgan fingerprint density at radius 3 is 1.53 bits per heavy atom. The van der Waals surface area contributed by atoms with Gasteiger partial charge in [0.1, 0.15) is 0 Å². The number of rotatable bonds is 6. The first kappa shape index (κ1) is 44.7. The average molecular weight is 884 g/mol. The number of benzene rings is 4. The number of hydrogen-bond donors (Lipinski definition) is 0. The minimum Gasteiger partial charge on any atom is -0.358 e. The Labute approximate surface area is 346 Å². The van der Waals surface area contributed by atoms with Gasteiger partial charge in [-0.25, -0.2) is 0 Å². The fourth-order valence-electron chi connectivity index (χ4n) is 7.39. The molecule has 5 aromatic carbocycles. The molecule has 0 spiro atoms. The molecule has 0 N–H and O–H groups in total. The van der Waals surface area contributed by atoms with Crippen LogP contribution in [0.25, 0.3) is 39.1 Å². The Bertz CT molecular complexity index is 2010. The van der Waals surface area contributed by atoms with Crippen LogP contribution in [0.15, 0.2) is 90.1 Å². The molecular formula is C51H64HfSi. The fraction of sp³-hybridized carbons (Fsp3) is 0.373. The van der Waals surface area contributed by atoms with E-state index in [0.29, 0.717) is 15.4 Å². The maximum absolute atomic E-state index is 4.33. The van der Waals surface area contributed by atoms with Crippen molar-refractivity contribution in [2.45, 2.75) is 124 Å². The van der Waals surface area contributed by atoms with Crippen LogP contribution in [0.5, 0.6) is 0 Å². The predicted octanol–water partition coefficient (Wildman–Crippen LogP) is 14.1. The summed E-state index contributed by atoms with van der Waals surface area (Å²) in [6, 6.07) is 33.4. The molecule has 1 atom stereocenters. The molecule has 0 saturated carbocycles. The van der Waals surface area contributed by atoms with E-state index in [-0.39, 0.29) is 62.4 Å². The van der Waals surface area contributed by atoms with E-state index in [2.05, 4.69) is 181 Å². The van der Waals surface area contributed by atoms with E-state index in [1.807, 2.05) is 0 Å². The molecule has 0 nitrogen and oxygen atoms in total. The molecule has 276 valence electrons. The van der Waals surface area contributed by atoms with Crippen molar-refractivity contribution in [1.29, 1.82) is 0 Å². The molecule has 0 amide bonds. The topological polar surface area (TPSA) is 0 Å². The molecule has 0 heterocycles. The van der Waals surface area contributed by atoms with Gasteiger partial charge < -0.3 is 21.8 Å². The Kier molecular flexibility index (Phi) is 13.7. The minimum atomic E-state index is 0. The Morgan fingerprint density at radius 1 is 0.604 bits per heavy atom. The third-order valence-electron chi connectivity index (χ3n) is 10.7. The average Bonchev–Trinajstić information content (AvgIpc) is 3.59. The maximum Gasteiger partial charge on any atom is 4.00 e. The summed E-state index contributed by atoms with van der Waals surface area (Å²) < 4.78 is 0. The van der Waals surface area contributed by atoms with E-state index in [4.69, 9.17) is 0 Å². The van der Waals surface area contributed by atoms with Crippen LogP contribution >= 0.6 is 0 Å². The second-order valence-corrected chi connectivity index (χ2v) is 20.3. The van der Waals surface area contributed by atoms with E-state index in [1.54, 1.807) is 5.20 Å². The summed E-state index contributed by atoms with van der Waals surface area (Å²) in [4.78, 5) is 0. The van der Waals surface area contributed by atoms with E-state index in [9.17, 15) is 0 Å². The van der Waals surface area contributed by atoms with Crippen LogP contribution in [0.1, 0.15) is 135 Å². The van der Waals surface area contributed by atoms with Crippen molar-refractivity contribution < 1.29 is 25.8 Å². The standard InChI is InChI=1S/C49H58Si.2CH3.Hf/c1-14-17-42-41-21-16-20-40(33-24-36(48(8,9)10)28-37(25-33)49(11,12)13)44(41)30-45(42)50-38-26-31-18-15-19-39(43(31)29-38)32-22-34(46(2,3)4)27-35(23-32)47(5,6)7;;;/h15-16,18-30,42H,1,14,17H2,2-13H3;2*1H3;/q-2;2*-1;+4. The quantitative estimate of drug-likeness (QED) is 0.118. The third-order valence-corrected chi connectivity index (χ3v) is 12.0. The molecule has 5 aromatic rings. The molecule has 1 aliphatic carbocycles. The molecule has 2 radical (unpaired) electrons. The van der Waals surface area contributed by atoms with Crippen molar-refractivity contribution in [2.24, 2.45) is 0 Å². The van der Waals surface area contributed by atoms with Gasteiger partial charge in [0.25, 0.3) is 0 Å². The van der Waals surface area contributed by atoms with Gasteiger partial charge in [0.2, 0.25) is 0 Å². The molecule has 0 fully saturated rings. The normalized spacial score (nSPS) is 14.6. The fourth-order valence-corrected chi connectivity index (χ4v) is 8.85. The number of fused-ring (bicyclic) bond motifs is 2. The summed E-state index contributed by atoms with van der Waals surface area (Å²) in [6.07, 6.45) is 4.55. The van der Waals surface area contributed by atoms with Crippen molar-refractivity contribution in [1.82, 2.24) is 0 Å². The van der Waals surface area contributed by atoms with Crippen molar-refractivity contribution >= 4 is 31.6 Å². The van der Waals surface area contributed by atoms with Crippen LogP contribution in [0.4, 0.5) is 0 Å². The molecule has 6 rings (SSSR count). The van der Waals surface area contributed by atoms with Gasteiger partial charge in [-0.1, -0.05) is 167 Å². The Balaban J connectivity index is 0.00000252. The SMILES string of the molecule is [CH2-]CCC1C([Si]c2cc3c(-c4cc(C(C)(C)C)cc(C(C)(C)C)c4)cccc3[cH-]2)=Cc2c(-c3cc(C(C)(C)C)cc(C(C)(C)C)c3)cccc21.[CH3-].[CH3-].[Hf+4]. The van der Waals surface area contributed by atoms with Crippen LogP contribution in [0.3, 0.4) is 0 Å². The first-order chi connectivity index (χ1) is 23.2. The monoisotopic (exact) mass is 884 g/mol. The molecule has 0 bridgehead atoms. The minimum absolute atomic E-state index is 0. The van der Waals surface area contributed by atoms with Gasteiger partial charge in [-0.05, 0) is 77.6 Å². The van der Waals surface area contributed by atoms with Crippen LogP contribution in [-0.2, 0) is 47.5 Å². The third kappa shape index (κ3) is 9.41. The first-order valence-electron chi connectivity index (χ1n) is 18.7. The van der Waals surface area contributed by atoms with Crippen molar-refractivity contribution in [3.63, 3.8) is 0 Å². The van der Waals surface area contributed by atoms with Gasteiger partial charge in [0, 0.05) is 0 Å². The first-order valence-corrected chi connectivity index (χ1v) is 19.7. The van der Waals surface area contributed by atoms with Gasteiger partial charge in [0.15, 0.2) is 0 Å². The summed E-state index contributed by atoms with van der Waals surface area (Å²) in [6.45, 7) is 32.3. The van der Waals surface area contributed by atoms with E-state index in [1.165, 1.54) is 71.6 Å². The van der Waals surface area contributed by atoms with E-state index >= 15 is 0 Å². The van der Waals surface area contributed by atoms with Gasteiger partial charge in [0.05, 0.1) is 9.52 Å². The van der Waals surface area contributed by atoms with E-state index in [0.717, 1.165) is 12.8 Å². The van der Waals surface area contributed by atoms with Crippen LogP contribution in [0, 0.1) is 21.8 Å². The van der Waals surface area contributed by atoms with Gasteiger partial charge in [-0.15, -0.1) is 34.2 Å². The van der Waals surface area contributed by atoms with Crippen LogP contribution in [0.2, 0.25) is 0 Å². The summed E-state index contributed by atoms with van der Waals surface area (Å²) in [5.41, 5.74) is 14.1. The van der Waals surface area contributed by atoms with Crippen molar-refractivity contribution in [3.8, 4) is 22.3 Å². The van der Waals surface area contributed by atoms with Crippen molar-refractivity contribution in [3.05, 3.63) is 145 Å². The zero-order valence-corrected chi connectivity index (χ0v) is 40.0. The molecule has 1 unspecified atom stereocenters. The smallest absolute Gasteiger partial charge is 0.358 e. The summed E-state index contributed by atoms with van der Waals surface area (Å²) >= 11 is 0. The Morgan fingerprint density at radius 2 is 1.06 bits per heavy atom. The van der Waals surface area contributed by atoms with Crippen LogP contribution < -0.4 is 5.19 Å². The molecule has 1 aliphatic rings. The predicted molar refractivity (Wildman–Crippen MR) is 235 cm³/mol. The molecule has 0 aliphatic heterocycles. The zero-order valence-electron chi connectivity index (χ0n) is 35.4. The summed E-state index contributed by atoms with van der Waals surface area (Å²) in [5, 5.41) is 5.67. The van der Waals surface area contributed by atoms with Gasteiger partial charge in [-0.3, -0.25) is 0 Å².